The summed E-state index contributed by atoms with van der Waals surface area (Å²) in [4.78, 5) is 24.0. The molecule has 1 aromatic heterocycles. The number of nitrogens with zero attached hydrogens (tertiary/aromatic N) is 1. The molecule has 0 radical (unpaired) electrons. The number of ether oxygens (including phenoxy) is 1. The maximum absolute atomic E-state index is 11.9. The summed E-state index contributed by atoms with van der Waals surface area (Å²) in [6, 6.07) is 5.22. The number of carbonyl (C=O) groups excluding carboxylic acids is 1. The van der Waals surface area contributed by atoms with Crippen LogP contribution in [0, 0.1) is 0 Å². The zero-order valence-corrected chi connectivity index (χ0v) is 11.9. The van der Waals surface area contributed by atoms with Crippen molar-refractivity contribution < 1.29 is 14.4 Å². The fraction of sp³-hybridized carbons (Fsp3) is 0.429. The Kier molecular flexibility index (Phi) is 4.36. The molecule has 0 aliphatic rings. The van der Waals surface area contributed by atoms with E-state index in [1.54, 1.807) is 24.5 Å². The van der Waals surface area contributed by atoms with E-state index in [4.69, 9.17) is 9.57 Å². The van der Waals surface area contributed by atoms with Crippen LogP contribution in [0.25, 0.3) is 11.0 Å². The van der Waals surface area contributed by atoms with Crippen molar-refractivity contribution in [3.05, 3.63) is 30.1 Å². The maximum Gasteiger partial charge on any atom is 0.274 e. The molecule has 1 heterocycles. The zero-order valence-electron chi connectivity index (χ0n) is 11.9. The minimum Gasteiger partial charge on any atom is -0.373 e. The van der Waals surface area contributed by atoms with Gasteiger partial charge in [-0.15, -0.1) is 0 Å². The second-order valence-electron chi connectivity index (χ2n) is 5.37. The first-order valence-corrected chi connectivity index (χ1v) is 6.45. The van der Waals surface area contributed by atoms with Gasteiger partial charge in [0.2, 0.25) is 0 Å². The van der Waals surface area contributed by atoms with Crippen LogP contribution in [-0.4, -0.2) is 34.7 Å². The number of amides is 1. The van der Waals surface area contributed by atoms with Crippen molar-refractivity contribution in [3.63, 3.8) is 0 Å². The van der Waals surface area contributed by atoms with Crippen molar-refractivity contribution in [2.24, 2.45) is 0 Å². The van der Waals surface area contributed by atoms with E-state index in [1.807, 2.05) is 20.8 Å². The van der Waals surface area contributed by atoms with Gasteiger partial charge in [0.15, 0.2) is 0 Å². The van der Waals surface area contributed by atoms with E-state index in [0.29, 0.717) is 18.8 Å². The van der Waals surface area contributed by atoms with Crippen molar-refractivity contribution >= 4 is 16.9 Å². The van der Waals surface area contributed by atoms with Crippen LogP contribution in [0.2, 0.25) is 0 Å². The second-order valence-corrected chi connectivity index (χ2v) is 5.37. The molecule has 2 N–H and O–H groups in total. The van der Waals surface area contributed by atoms with E-state index in [-0.39, 0.29) is 11.5 Å². The SMILES string of the molecule is CC(C)(C)OCCONC(=O)c1ccc2[nH]cnc2c1. The molecular formula is C14H19N3O3. The lowest BCUT2D eigenvalue weighted by Gasteiger charge is -2.19. The van der Waals surface area contributed by atoms with Crippen LogP contribution < -0.4 is 5.48 Å². The van der Waals surface area contributed by atoms with E-state index < -0.39 is 0 Å². The molecule has 0 saturated carbocycles. The first kappa shape index (κ1) is 14.5. The van der Waals surface area contributed by atoms with Gasteiger partial charge in [-0.05, 0) is 39.0 Å². The highest BCUT2D eigenvalue weighted by molar-refractivity contribution is 5.96. The smallest absolute Gasteiger partial charge is 0.274 e. The first-order chi connectivity index (χ1) is 9.46. The quantitative estimate of drug-likeness (QED) is 0.647. The molecule has 0 atom stereocenters. The summed E-state index contributed by atoms with van der Waals surface area (Å²) in [7, 11) is 0. The first-order valence-electron chi connectivity index (χ1n) is 6.45. The summed E-state index contributed by atoms with van der Waals surface area (Å²) in [5.41, 5.74) is 4.31. The van der Waals surface area contributed by atoms with Crippen molar-refractivity contribution in [3.8, 4) is 0 Å². The van der Waals surface area contributed by atoms with E-state index in [1.165, 1.54) is 0 Å². The molecule has 0 fully saturated rings. The van der Waals surface area contributed by atoms with Crippen molar-refractivity contribution in [2.75, 3.05) is 13.2 Å². The van der Waals surface area contributed by atoms with Gasteiger partial charge < -0.3 is 9.72 Å². The summed E-state index contributed by atoms with van der Waals surface area (Å²) in [6.45, 7) is 6.61. The van der Waals surface area contributed by atoms with Gasteiger partial charge in [-0.1, -0.05) is 0 Å². The lowest BCUT2D eigenvalue weighted by Crippen LogP contribution is -2.28. The van der Waals surface area contributed by atoms with Crippen LogP contribution in [0.5, 0.6) is 0 Å². The molecule has 0 unspecified atom stereocenters. The number of hydrogen-bond donors (Lipinski definition) is 2. The maximum atomic E-state index is 11.9. The predicted molar refractivity (Wildman–Crippen MR) is 75.2 cm³/mol. The molecule has 2 aromatic rings. The number of benzene rings is 1. The molecule has 0 saturated heterocycles. The molecule has 0 spiro atoms. The monoisotopic (exact) mass is 277 g/mol. The minimum atomic E-state index is -0.300. The molecule has 6 heteroatoms. The van der Waals surface area contributed by atoms with Gasteiger partial charge in [-0.2, -0.15) is 0 Å². The molecular weight excluding hydrogens is 258 g/mol. The molecule has 108 valence electrons. The van der Waals surface area contributed by atoms with Gasteiger partial charge in [-0.3, -0.25) is 9.63 Å². The fourth-order valence-corrected chi connectivity index (χ4v) is 1.64. The minimum absolute atomic E-state index is 0.210. The van der Waals surface area contributed by atoms with Crippen LogP contribution in [0.4, 0.5) is 0 Å². The van der Waals surface area contributed by atoms with Gasteiger partial charge in [-0.25, -0.2) is 10.5 Å². The highest BCUT2D eigenvalue weighted by Gasteiger charge is 2.10. The van der Waals surface area contributed by atoms with Crippen LogP contribution in [0.15, 0.2) is 24.5 Å². The fourth-order valence-electron chi connectivity index (χ4n) is 1.64. The Bertz CT molecular complexity index is 587. The number of carbonyl (C=O) groups is 1. The summed E-state index contributed by atoms with van der Waals surface area (Å²) in [5, 5.41) is 0. The third kappa shape index (κ3) is 4.04. The number of imidazole rings is 1. The highest BCUT2D eigenvalue weighted by Crippen LogP contribution is 2.11. The van der Waals surface area contributed by atoms with Crippen LogP contribution >= 0.6 is 0 Å². The number of aromatic amines is 1. The summed E-state index contributed by atoms with van der Waals surface area (Å²) >= 11 is 0. The number of hydrogen-bond acceptors (Lipinski definition) is 4. The average Bonchev–Trinajstić information content (AvgIpc) is 2.83. The molecule has 1 amide bonds. The number of H-pyrrole nitrogens is 1. The predicted octanol–water partition coefficient (Wildman–Crippen LogP) is 2.04. The van der Waals surface area contributed by atoms with Crippen molar-refractivity contribution in [2.45, 2.75) is 26.4 Å². The Morgan fingerprint density at radius 3 is 2.90 bits per heavy atom. The average molecular weight is 277 g/mol. The Morgan fingerprint density at radius 1 is 1.35 bits per heavy atom. The van der Waals surface area contributed by atoms with Gasteiger partial charge in [0.1, 0.15) is 0 Å². The van der Waals surface area contributed by atoms with Crippen LogP contribution in [-0.2, 0) is 9.57 Å². The summed E-state index contributed by atoms with van der Waals surface area (Å²) in [6.07, 6.45) is 1.59. The topological polar surface area (TPSA) is 76.2 Å². The van der Waals surface area contributed by atoms with Crippen LogP contribution in [0.3, 0.4) is 0 Å². The number of nitrogens with one attached hydrogen (secondary N) is 2. The lowest BCUT2D eigenvalue weighted by molar-refractivity contribution is -0.0511. The molecule has 0 aliphatic heterocycles. The molecule has 0 aliphatic carbocycles. The standard InChI is InChI=1S/C14H19N3O3/c1-14(2,3)19-6-7-20-17-13(18)10-4-5-11-12(8-10)16-9-15-11/h4-5,8-9H,6-7H2,1-3H3,(H,15,16)(H,17,18). The van der Waals surface area contributed by atoms with E-state index >= 15 is 0 Å². The zero-order chi connectivity index (χ0) is 14.6. The van der Waals surface area contributed by atoms with E-state index in [2.05, 4.69) is 15.4 Å². The molecule has 6 nitrogen and oxygen atoms in total. The second kappa shape index (κ2) is 6.02. The Morgan fingerprint density at radius 2 is 2.15 bits per heavy atom. The molecule has 2 rings (SSSR count). The molecule has 0 bridgehead atoms. The van der Waals surface area contributed by atoms with Crippen molar-refractivity contribution in [1.82, 2.24) is 15.4 Å². The molecule has 1 aromatic carbocycles. The Balaban J connectivity index is 1.80. The van der Waals surface area contributed by atoms with E-state index in [0.717, 1.165) is 11.0 Å². The molecule has 20 heavy (non-hydrogen) atoms. The lowest BCUT2D eigenvalue weighted by atomic mass is 10.2. The highest BCUT2D eigenvalue weighted by atomic mass is 16.7. The normalized spacial score (nSPS) is 11.8. The van der Waals surface area contributed by atoms with E-state index in [9.17, 15) is 4.79 Å². The Labute approximate surface area is 117 Å². The Hall–Kier alpha value is -1.92. The van der Waals surface area contributed by atoms with Gasteiger partial charge in [0.05, 0.1) is 36.2 Å². The number of aromatic nitrogens is 2. The number of rotatable bonds is 5. The number of fused-ring (bicyclic) bond motifs is 1. The third-order valence-corrected chi connectivity index (χ3v) is 2.57. The summed E-state index contributed by atoms with van der Waals surface area (Å²) in [5.74, 6) is -0.300. The third-order valence-electron chi connectivity index (χ3n) is 2.57. The largest absolute Gasteiger partial charge is 0.373 e. The van der Waals surface area contributed by atoms with Crippen LogP contribution in [0.1, 0.15) is 31.1 Å². The van der Waals surface area contributed by atoms with Gasteiger partial charge in [0.25, 0.3) is 5.91 Å². The van der Waals surface area contributed by atoms with Gasteiger partial charge >= 0.3 is 0 Å². The van der Waals surface area contributed by atoms with Crippen molar-refractivity contribution in [1.29, 1.82) is 0 Å². The van der Waals surface area contributed by atoms with Gasteiger partial charge in [0, 0.05) is 5.56 Å². The number of hydroxylamine groups is 1. The summed E-state index contributed by atoms with van der Waals surface area (Å²) < 4.78 is 5.47.